The summed E-state index contributed by atoms with van der Waals surface area (Å²) in [5, 5.41) is 9.89. The highest BCUT2D eigenvalue weighted by Crippen LogP contribution is 2.33. The number of aliphatic hydroxyl groups excluding tert-OH is 1. The molecular weight excluding hydrogens is 218 g/mol. The topological polar surface area (TPSA) is 49.8 Å². The quantitative estimate of drug-likeness (QED) is 0.588. The van der Waals surface area contributed by atoms with E-state index in [0.717, 1.165) is 31.5 Å². The second-order valence-corrected chi connectivity index (χ2v) is 5.28. The molecule has 0 aromatic heterocycles. The highest BCUT2D eigenvalue weighted by molar-refractivity contribution is 5.82. The number of allylic oxidation sites excluding steroid dienone is 1. The standard InChI is InChI=1S/C13H21NO3/c1-9(2)7-12(16)17-8-10-3-5-14-6-4-11(15)13(10)14/h7,10-11,13,15H,3-6,8H2,1-2H3/t10-,11-,13-/m0/s1. The highest BCUT2D eigenvalue weighted by Gasteiger charge is 2.43. The Labute approximate surface area is 102 Å². The third-order valence-electron chi connectivity index (χ3n) is 3.64. The van der Waals surface area contributed by atoms with Crippen molar-refractivity contribution in [1.82, 2.24) is 4.90 Å². The Bertz CT molecular complexity index is 323. The van der Waals surface area contributed by atoms with Gasteiger partial charge in [0.05, 0.1) is 12.7 Å². The molecule has 2 aliphatic rings. The van der Waals surface area contributed by atoms with Gasteiger partial charge in [0, 0.05) is 24.6 Å². The van der Waals surface area contributed by atoms with Crippen LogP contribution in [0.3, 0.4) is 0 Å². The van der Waals surface area contributed by atoms with E-state index in [1.54, 1.807) is 0 Å². The number of nitrogens with zero attached hydrogens (tertiary/aromatic N) is 1. The van der Waals surface area contributed by atoms with Crippen LogP contribution in [0.5, 0.6) is 0 Å². The van der Waals surface area contributed by atoms with Crippen LogP contribution in [0.4, 0.5) is 0 Å². The van der Waals surface area contributed by atoms with Crippen LogP contribution in [0.15, 0.2) is 11.6 Å². The Morgan fingerprint density at radius 2 is 2.12 bits per heavy atom. The summed E-state index contributed by atoms with van der Waals surface area (Å²) in [5.41, 5.74) is 0.948. The lowest BCUT2D eigenvalue weighted by molar-refractivity contribution is -0.139. The first kappa shape index (κ1) is 12.6. The molecule has 4 nitrogen and oxygen atoms in total. The number of fused-ring (bicyclic) bond motifs is 1. The largest absolute Gasteiger partial charge is 0.462 e. The van der Waals surface area contributed by atoms with Gasteiger partial charge in [-0.3, -0.25) is 4.90 Å². The molecule has 17 heavy (non-hydrogen) atoms. The monoisotopic (exact) mass is 239 g/mol. The molecule has 0 aromatic rings. The van der Waals surface area contributed by atoms with Crippen LogP contribution in [0.25, 0.3) is 0 Å². The summed E-state index contributed by atoms with van der Waals surface area (Å²) in [7, 11) is 0. The van der Waals surface area contributed by atoms with Crippen LogP contribution in [0.2, 0.25) is 0 Å². The lowest BCUT2D eigenvalue weighted by atomic mass is 9.97. The summed E-state index contributed by atoms with van der Waals surface area (Å²) in [6.45, 7) is 6.18. The van der Waals surface area contributed by atoms with Crippen molar-refractivity contribution in [3.05, 3.63) is 11.6 Å². The van der Waals surface area contributed by atoms with E-state index in [0.29, 0.717) is 12.5 Å². The van der Waals surface area contributed by atoms with Crippen LogP contribution in [-0.4, -0.2) is 47.8 Å². The number of carbonyl (C=O) groups excluding carboxylic acids is 1. The first-order valence-electron chi connectivity index (χ1n) is 6.31. The van der Waals surface area contributed by atoms with Gasteiger partial charge in [0.1, 0.15) is 0 Å². The fourth-order valence-electron chi connectivity index (χ4n) is 2.89. The Hall–Kier alpha value is -0.870. The molecule has 0 spiro atoms. The number of carbonyl (C=O) groups is 1. The fraction of sp³-hybridized carbons (Fsp3) is 0.769. The van der Waals surface area contributed by atoms with Crippen molar-refractivity contribution >= 4 is 5.97 Å². The normalized spacial score (nSPS) is 32.3. The fourth-order valence-corrected chi connectivity index (χ4v) is 2.89. The van der Waals surface area contributed by atoms with Crippen molar-refractivity contribution in [3.8, 4) is 0 Å². The maximum atomic E-state index is 11.4. The van der Waals surface area contributed by atoms with Crippen LogP contribution in [0, 0.1) is 5.92 Å². The number of hydrogen-bond donors (Lipinski definition) is 1. The number of hydrogen-bond acceptors (Lipinski definition) is 4. The Balaban J connectivity index is 1.84. The molecule has 96 valence electrons. The predicted molar refractivity (Wildman–Crippen MR) is 64.5 cm³/mol. The molecule has 2 rings (SSSR count). The number of ether oxygens (including phenoxy) is 1. The summed E-state index contributed by atoms with van der Waals surface area (Å²) in [4.78, 5) is 13.7. The van der Waals surface area contributed by atoms with Crippen LogP contribution >= 0.6 is 0 Å². The molecule has 0 aromatic carbocycles. The van der Waals surface area contributed by atoms with Gasteiger partial charge >= 0.3 is 5.97 Å². The smallest absolute Gasteiger partial charge is 0.330 e. The number of aliphatic hydroxyl groups is 1. The first-order valence-corrected chi connectivity index (χ1v) is 6.31. The zero-order valence-electron chi connectivity index (χ0n) is 10.6. The third-order valence-corrected chi connectivity index (χ3v) is 3.64. The summed E-state index contributed by atoms with van der Waals surface area (Å²) in [5.74, 6) is 0.0259. The van der Waals surface area contributed by atoms with Crippen molar-refractivity contribution in [2.45, 2.75) is 38.8 Å². The van der Waals surface area contributed by atoms with Gasteiger partial charge in [-0.1, -0.05) is 5.57 Å². The van der Waals surface area contributed by atoms with Crippen molar-refractivity contribution in [3.63, 3.8) is 0 Å². The van der Waals surface area contributed by atoms with E-state index in [1.165, 1.54) is 6.08 Å². The zero-order chi connectivity index (χ0) is 12.4. The molecule has 4 heteroatoms. The lowest BCUT2D eigenvalue weighted by Gasteiger charge is -2.22. The van der Waals surface area contributed by atoms with E-state index in [-0.39, 0.29) is 18.1 Å². The van der Waals surface area contributed by atoms with Gasteiger partial charge in [-0.2, -0.15) is 0 Å². The van der Waals surface area contributed by atoms with Crippen molar-refractivity contribution in [1.29, 1.82) is 0 Å². The molecule has 2 fully saturated rings. The predicted octanol–water partition coefficient (Wildman–Crippen LogP) is 0.951. The van der Waals surface area contributed by atoms with Crippen LogP contribution < -0.4 is 0 Å². The van der Waals surface area contributed by atoms with E-state index < -0.39 is 0 Å². The number of esters is 1. The van der Waals surface area contributed by atoms with Gasteiger partial charge in [0.2, 0.25) is 0 Å². The van der Waals surface area contributed by atoms with E-state index in [4.69, 9.17) is 4.74 Å². The minimum Gasteiger partial charge on any atom is -0.462 e. The number of rotatable bonds is 3. The molecule has 0 radical (unpaired) electrons. The molecule has 0 aliphatic carbocycles. The van der Waals surface area contributed by atoms with Gasteiger partial charge in [-0.25, -0.2) is 4.79 Å². The maximum absolute atomic E-state index is 11.4. The molecule has 1 N–H and O–H groups in total. The zero-order valence-corrected chi connectivity index (χ0v) is 10.6. The SMILES string of the molecule is CC(C)=CC(=O)OC[C@@H]1CCN2CC[C@H](O)[C@H]12. The Morgan fingerprint density at radius 1 is 1.41 bits per heavy atom. The molecule has 2 saturated heterocycles. The van der Waals surface area contributed by atoms with E-state index in [1.807, 2.05) is 13.8 Å². The molecular formula is C13H21NO3. The van der Waals surface area contributed by atoms with Gasteiger partial charge in [-0.15, -0.1) is 0 Å². The molecule has 0 bridgehead atoms. The Kier molecular flexibility index (Phi) is 3.84. The second-order valence-electron chi connectivity index (χ2n) is 5.28. The molecule has 0 amide bonds. The van der Waals surface area contributed by atoms with Gasteiger partial charge in [-0.05, 0) is 33.2 Å². The highest BCUT2D eigenvalue weighted by atomic mass is 16.5. The van der Waals surface area contributed by atoms with E-state index in [2.05, 4.69) is 4.90 Å². The van der Waals surface area contributed by atoms with Crippen molar-refractivity contribution < 1.29 is 14.6 Å². The summed E-state index contributed by atoms with van der Waals surface area (Å²) in [6, 6.07) is 0.203. The molecule has 2 aliphatic heterocycles. The van der Waals surface area contributed by atoms with Gasteiger partial charge in [0.15, 0.2) is 0 Å². The molecule has 2 heterocycles. The van der Waals surface area contributed by atoms with Crippen LogP contribution in [0.1, 0.15) is 26.7 Å². The van der Waals surface area contributed by atoms with E-state index in [9.17, 15) is 9.90 Å². The third kappa shape index (κ3) is 2.87. The minimum atomic E-state index is -0.268. The second kappa shape index (κ2) is 5.19. The summed E-state index contributed by atoms with van der Waals surface area (Å²) < 4.78 is 5.24. The average molecular weight is 239 g/mol. The van der Waals surface area contributed by atoms with Crippen molar-refractivity contribution in [2.24, 2.45) is 5.92 Å². The summed E-state index contributed by atoms with van der Waals surface area (Å²) in [6.07, 6.45) is 3.13. The van der Waals surface area contributed by atoms with Crippen molar-refractivity contribution in [2.75, 3.05) is 19.7 Å². The molecule has 0 unspecified atom stereocenters. The molecule has 3 atom stereocenters. The Morgan fingerprint density at radius 3 is 2.82 bits per heavy atom. The first-order chi connectivity index (χ1) is 8.08. The lowest BCUT2D eigenvalue weighted by Crippen LogP contribution is -2.35. The minimum absolute atomic E-state index is 0.203. The van der Waals surface area contributed by atoms with Gasteiger partial charge in [0.25, 0.3) is 0 Å². The maximum Gasteiger partial charge on any atom is 0.330 e. The van der Waals surface area contributed by atoms with Gasteiger partial charge < -0.3 is 9.84 Å². The van der Waals surface area contributed by atoms with E-state index >= 15 is 0 Å². The average Bonchev–Trinajstić information content (AvgIpc) is 2.79. The van der Waals surface area contributed by atoms with Crippen LogP contribution in [-0.2, 0) is 9.53 Å². The molecule has 0 saturated carbocycles. The summed E-state index contributed by atoms with van der Waals surface area (Å²) >= 11 is 0.